The Morgan fingerprint density at radius 3 is 1.42 bits per heavy atom. The van der Waals surface area contributed by atoms with Crippen molar-refractivity contribution in [3.8, 4) is 0 Å². The highest BCUT2D eigenvalue weighted by Gasteiger charge is 2.62. The van der Waals surface area contributed by atoms with Gasteiger partial charge in [0.15, 0.2) is 0 Å². The van der Waals surface area contributed by atoms with Crippen molar-refractivity contribution in [1.82, 2.24) is 5.32 Å². The van der Waals surface area contributed by atoms with Crippen LogP contribution in [0, 0.1) is 0 Å². The van der Waals surface area contributed by atoms with E-state index in [2.05, 4.69) is 5.32 Å². The second-order valence-electron chi connectivity index (χ2n) is 6.52. The minimum atomic E-state index is -3.83. The van der Waals surface area contributed by atoms with Gasteiger partial charge in [0.2, 0.25) is 5.02 Å². The highest BCUT2D eigenvalue weighted by Crippen LogP contribution is 2.76. The zero-order chi connectivity index (χ0) is 19.7. The van der Waals surface area contributed by atoms with E-state index in [0.29, 0.717) is 0 Å². The minimum Gasteiger partial charge on any atom is -0.307 e. The summed E-state index contributed by atoms with van der Waals surface area (Å²) in [6.07, 6.45) is 6.36. The summed E-state index contributed by atoms with van der Waals surface area (Å²) in [5.41, 5.74) is 0. The normalized spacial score (nSPS) is 18.0. The topological polar surface area (TPSA) is 83.1 Å². The smallest absolute Gasteiger partial charge is 0.307 e. The van der Waals surface area contributed by atoms with Crippen LogP contribution in [0.1, 0.15) is 73.1 Å². The van der Waals surface area contributed by atoms with E-state index >= 15 is 0 Å². The SMILES string of the molecule is CCOP(=O)(OCC)C(C)(NC1CCCCCC1)P(=O)(OCC)OCC. The second kappa shape index (κ2) is 11.3. The molecule has 0 aromatic carbocycles. The van der Waals surface area contributed by atoms with Gasteiger partial charge in [0.05, 0.1) is 26.4 Å². The maximum Gasteiger partial charge on any atom is 0.362 e. The summed E-state index contributed by atoms with van der Waals surface area (Å²) in [6, 6.07) is 0.0611. The van der Waals surface area contributed by atoms with Gasteiger partial charge in [0.25, 0.3) is 0 Å². The van der Waals surface area contributed by atoms with E-state index in [0.717, 1.165) is 25.7 Å². The summed E-state index contributed by atoms with van der Waals surface area (Å²) in [7, 11) is -7.65. The lowest BCUT2D eigenvalue weighted by molar-refractivity contribution is 0.166. The van der Waals surface area contributed by atoms with Crippen molar-refractivity contribution < 1.29 is 27.2 Å². The predicted octanol–water partition coefficient (Wildman–Crippen LogP) is 5.50. The zero-order valence-corrected chi connectivity index (χ0v) is 18.8. The van der Waals surface area contributed by atoms with E-state index in [1.165, 1.54) is 12.8 Å². The quantitative estimate of drug-likeness (QED) is 0.334. The number of hydrogen-bond acceptors (Lipinski definition) is 7. The number of hydrogen-bond donors (Lipinski definition) is 1. The van der Waals surface area contributed by atoms with Crippen molar-refractivity contribution in [3.63, 3.8) is 0 Å². The van der Waals surface area contributed by atoms with E-state index < -0.39 is 20.2 Å². The molecule has 0 aromatic heterocycles. The third-order valence-electron chi connectivity index (χ3n) is 4.60. The molecule has 9 heteroatoms. The van der Waals surface area contributed by atoms with Gasteiger partial charge < -0.3 is 18.1 Å². The second-order valence-corrected chi connectivity index (χ2v) is 11.7. The average Bonchev–Trinajstić information content (AvgIpc) is 2.84. The maximum absolute atomic E-state index is 13.8. The molecule has 26 heavy (non-hydrogen) atoms. The Balaban J connectivity index is 3.36. The van der Waals surface area contributed by atoms with Crippen molar-refractivity contribution in [2.45, 2.75) is 84.2 Å². The van der Waals surface area contributed by atoms with Crippen LogP contribution in [-0.4, -0.2) is 37.5 Å². The molecule has 0 saturated heterocycles. The maximum atomic E-state index is 13.8. The van der Waals surface area contributed by atoms with Gasteiger partial charge in [-0.25, -0.2) is 0 Å². The van der Waals surface area contributed by atoms with E-state index in [1.807, 2.05) is 0 Å². The zero-order valence-electron chi connectivity index (χ0n) is 17.0. The summed E-state index contributed by atoms with van der Waals surface area (Å²) in [5.74, 6) is 0. The highest BCUT2D eigenvalue weighted by molar-refractivity contribution is 7.74. The van der Waals surface area contributed by atoms with Gasteiger partial charge in [-0.3, -0.25) is 14.4 Å². The van der Waals surface area contributed by atoms with E-state index in [1.54, 1.807) is 34.6 Å². The molecule has 1 aliphatic rings. The third kappa shape index (κ3) is 5.64. The Morgan fingerprint density at radius 2 is 1.12 bits per heavy atom. The first kappa shape index (κ1) is 24.3. The summed E-state index contributed by atoms with van der Waals surface area (Å²) in [4.78, 5) is 0. The van der Waals surface area contributed by atoms with Crippen LogP contribution >= 0.6 is 15.2 Å². The van der Waals surface area contributed by atoms with Crippen molar-refractivity contribution in [3.05, 3.63) is 0 Å². The van der Waals surface area contributed by atoms with Crippen LogP contribution in [0.25, 0.3) is 0 Å². The molecule has 7 nitrogen and oxygen atoms in total. The van der Waals surface area contributed by atoms with Gasteiger partial charge in [0.1, 0.15) is 0 Å². The van der Waals surface area contributed by atoms with Crippen LogP contribution in [0.4, 0.5) is 0 Å². The molecular formula is C17H37NO6P2. The molecule has 0 aromatic rings. The molecule has 1 rings (SSSR count). The van der Waals surface area contributed by atoms with Crippen LogP contribution in [0.3, 0.4) is 0 Å². The molecule has 1 aliphatic carbocycles. The molecule has 0 atom stereocenters. The fraction of sp³-hybridized carbons (Fsp3) is 1.00. The molecule has 1 N–H and O–H groups in total. The van der Waals surface area contributed by atoms with Crippen molar-refractivity contribution in [2.75, 3.05) is 26.4 Å². The van der Waals surface area contributed by atoms with Crippen molar-refractivity contribution in [2.24, 2.45) is 0 Å². The third-order valence-corrected chi connectivity index (χ3v) is 10.8. The summed E-state index contributed by atoms with van der Waals surface area (Å²) < 4.78 is 49.8. The van der Waals surface area contributed by atoms with Crippen molar-refractivity contribution >= 4 is 15.2 Å². The predicted molar refractivity (Wildman–Crippen MR) is 105 cm³/mol. The molecule has 0 amide bonds. The molecular weight excluding hydrogens is 376 g/mol. The Kier molecular flexibility index (Phi) is 10.6. The molecule has 0 aliphatic heterocycles. The highest BCUT2D eigenvalue weighted by atomic mass is 31.2. The molecule has 1 fully saturated rings. The molecule has 0 bridgehead atoms. The van der Waals surface area contributed by atoms with Gasteiger partial charge >= 0.3 is 15.2 Å². The standard InChI is InChI=1S/C17H37NO6P2/c1-6-21-25(19,22-7-2)17(5,26(20,23-8-3)24-9-4)18-16-14-12-10-11-13-15-16/h16,18H,6-15H2,1-5H3. The van der Waals surface area contributed by atoms with Gasteiger partial charge in [0, 0.05) is 6.04 Å². The van der Waals surface area contributed by atoms with Gasteiger partial charge in [-0.05, 0) is 47.5 Å². The minimum absolute atomic E-state index is 0.0611. The summed E-state index contributed by atoms with van der Waals surface area (Å²) in [6.45, 7) is 9.28. The molecule has 1 saturated carbocycles. The van der Waals surface area contributed by atoms with Crippen LogP contribution in [0.5, 0.6) is 0 Å². The Bertz CT molecular complexity index is 444. The molecule has 0 unspecified atom stereocenters. The first-order valence-electron chi connectivity index (χ1n) is 9.88. The van der Waals surface area contributed by atoms with Crippen LogP contribution in [0.15, 0.2) is 0 Å². The van der Waals surface area contributed by atoms with Crippen LogP contribution in [-0.2, 0) is 27.2 Å². The average molecular weight is 413 g/mol. The van der Waals surface area contributed by atoms with E-state index in [-0.39, 0.29) is 32.5 Å². The summed E-state index contributed by atoms with van der Waals surface area (Å²) >= 11 is 0. The van der Waals surface area contributed by atoms with Gasteiger partial charge in [-0.1, -0.05) is 25.7 Å². The Hall–Kier alpha value is 0.260. The molecule has 0 heterocycles. The van der Waals surface area contributed by atoms with E-state index in [9.17, 15) is 9.13 Å². The van der Waals surface area contributed by atoms with Gasteiger partial charge in [-0.15, -0.1) is 0 Å². The lowest BCUT2D eigenvalue weighted by Gasteiger charge is -2.42. The summed E-state index contributed by atoms with van der Waals surface area (Å²) in [5, 5.41) is 1.80. The van der Waals surface area contributed by atoms with Gasteiger partial charge in [-0.2, -0.15) is 0 Å². The molecule has 0 spiro atoms. The fourth-order valence-corrected chi connectivity index (χ4v) is 8.46. The Labute approximate surface area is 159 Å². The van der Waals surface area contributed by atoms with Crippen molar-refractivity contribution in [1.29, 1.82) is 0 Å². The monoisotopic (exact) mass is 413 g/mol. The van der Waals surface area contributed by atoms with Crippen LogP contribution in [0.2, 0.25) is 0 Å². The number of rotatable bonds is 12. The fourth-order valence-electron chi connectivity index (χ4n) is 3.38. The Morgan fingerprint density at radius 1 is 0.769 bits per heavy atom. The van der Waals surface area contributed by atoms with Crippen LogP contribution < -0.4 is 5.32 Å². The first-order valence-corrected chi connectivity index (χ1v) is 13.0. The molecule has 0 radical (unpaired) electrons. The lowest BCUT2D eigenvalue weighted by atomic mass is 10.1. The molecule has 156 valence electrons. The first-order chi connectivity index (χ1) is 12.3. The number of nitrogens with one attached hydrogen (secondary N) is 1. The lowest BCUT2D eigenvalue weighted by Crippen LogP contribution is -2.49. The largest absolute Gasteiger partial charge is 0.362 e. The van der Waals surface area contributed by atoms with E-state index in [4.69, 9.17) is 18.1 Å².